The number of halogens is 2. The zero-order valence-corrected chi connectivity index (χ0v) is 11.8. The van der Waals surface area contributed by atoms with Crippen LogP contribution < -0.4 is 5.32 Å². The van der Waals surface area contributed by atoms with Crippen molar-refractivity contribution in [1.82, 2.24) is 10.3 Å². The second kappa shape index (κ2) is 5.36. The van der Waals surface area contributed by atoms with Gasteiger partial charge >= 0.3 is 0 Å². The first-order valence-corrected chi connectivity index (χ1v) is 6.84. The van der Waals surface area contributed by atoms with E-state index in [-0.39, 0.29) is 6.04 Å². The molecule has 0 spiro atoms. The lowest BCUT2D eigenvalue weighted by Crippen LogP contribution is -2.12. The molecule has 1 aromatic carbocycles. The summed E-state index contributed by atoms with van der Waals surface area (Å²) < 4.78 is 0. The standard InChI is InChI=1S/C12H12Cl2N2S/c1-7(15-2)10-6-17-12(16-10)8-4-3-5-9(13)11(8)14/h3-7,15H,1-2H3. The van der Waals surface area contributed by atoms with Crippen LogP contribution in [0, 0.1) is 0 Å². The van der Waals surface area contributed by atoms with Crippen LogP contribution in [0.3, 0.4) is 0 Å². The summed E-state index contributed by atoms with van der Waals surface area (Å²) in [5, 5.41) is 7.21. The van der Waals surface area contributed by atoms with Crippen molar-refractivity contribution in [1.29, 1.82) is 0 Å². The molecule has 0 amide bonds. The zero-order chi connectivity index (χ0) is 12.4. The maximum Gasteiger partial charge on any atom is 0.125 e. The number of hydrogen-bond donors (Lipinski definition) is 1. The first-order valence-electron chi connectivity index (χ1n) is 5.20. The van der Waals surface area contributed by atoms with Gasteiger partial charge in [-0.25, -0.2) is 4.98 Å². The SMILES string of the molecule is CNC(C)c1csc(-c2cccc(Cl)c2Cl)n1. The topological polar surface area (TPSA) is 24.9 Å². The fourth-order valence-corrected chi connectivity index (χ4v) is 2.82. The molecule has 1 N–H and O–H groups in total. The third kappa shape index (κ3) is 2.63. The number of thiazole rings is 1. The number of hydrogen-bond acceptors (Lipinski definition) is 3. The summed E-state index contributed by atoms with van der Waals surface area (Å²) in [5.41, 5.74) is 1.90. The van der Waals surface area contributed by atoms with Crippen LogP contribution in [0.15, 0.2) is 23.6 Å². The van der Waals surface area contributed by atoms with E-state index in [1.165, 1.54) is 0 Å². The maximum absolute atomic E-state index is 6.17. The Kier molecular flexibility index (Phi) is 4.05. The molecule has 1 aromatic heterocycles. The molecule has 0 aliphatic rings. The minimum absolute atomic E-state index is 0.234. The highest BCUT2D eigenvalue weighted by Crippen LogP contribution is 2.35. The van der Waals surface area contributed by atoms with Gasteiger partial charge in [-0.2, -0.15) is 0 Å². The Bertz CT molecular complexity index is 525. The third-order valence-electron chi connectivity index (χ3n) is 2.58. The number of aromatic nitrogens is 1. The number of rotatable bonds is 3. The lowest BCUT2D eigenvalue weighted by Gasteiger charge is -2.05. The van der Waals surface area contributed by atoms with Gasteiger partial charge in [0.1, 0.15) is 5.01 Å². The normalized spacial score (nSPS) is 12.7. The van der Waals surface area contributed by atoms with Gasteiger partial charge in [0.15, 0.2) is 0 Å². The Morgan fingerprint density at radius 2 is 2.12 bits per heavy atom. The molecule has 0 saturated carbocycles. The predicted molar refractivity (Wildman–Crippen MR) is 75.0 cm³/mol. The van der Waals surface area contributed by atoms with E-state index in [1.54, 1.807) is 17.4 Å². The van der Waals surface area contributed by atoms with Gasteiger partial charge in [0.25, 0.3) is 0 Å². The molecule has 1 atom stereocenters. The van der Waals surface area contributed by atoms with Crippen molar-refractivity contribution in [2.45, 2.75) is 13.0 Å². The molecule has 0 aliphatic heterocycles. The van der Waals surface area contributed by atoms with E-state index >= 15 is 0 Å². The summed E-state index contributed by atoms with van der Waals surface area (Å²) in [6, 6.07) is 5.82. The molecule has 0 saturated heterocycles. The van der Waals surface area contributed by atoms with Crippen LogP contribution in [0.1, 0.15) is 18.7 Å². The molecule has 2 aromatic rings. The van der Waals surface area contributed by atoms with Crippen molar-refractivity contribution < 1.29 is 0 Å². The minimum Gasteiger partial charge on any atom is -0.312 e. The highest BCUT2D eigenvalue weighted by atomic mass is 35.5. The number of benzene rings is 1. The Balaban J connectivity index is 2.40. The van der Waals surface area contributed by atoms with Crippen molar-refractivity contribution in [3.8, 4) is 10.6 Å². The van der Waals surface area contributed by atoms with Crippen LogP contribution in [0.25, 0.3) is 10.6 Å². The van der Waals surface area contributed by atoms with Gasteiger partial charge < -0.3 is 5.32 Å². The summed E-state index contributed by atoms with van der Waals surface area (Å²) in [6.45, 7) is 2.07. The first kappa shape index (κ1) is 12.8. The lowest BCUT2D eigenvalue weighted by molar-refractivity contribution is 0.637. The second-order valence-corrected chi connectivity index (χ2v) is 5.33. The smallest absolute Gasteiger partial charge is 0.125 e. The molecular weight excluding hydrogens is 275 g/mol. The summed E-state index contributed by atoms with van der Waals surface area (Å²) >= 11 is 13.7. The minimum atomic E-state index is 0.234. The van der Waals surface area contributed by atoms with Crippen LogP contribution in [-0.4, -0.2) is 12.0 Å². The van der Waals surface area contributed by atoms with E-state index in [9.17, 15) is 0 Å². The summed E-state index contributed by atoms with van der Waals surface area (Å²) in [5.74, 6) is 0. The molecule has 0 bridgehead atoms. The molecular formula is C12H12Cl2N2S. The van der Waals surface area contributed by atoms with Crippen LogP contribution in [0.5, 0.6) is 0 Å². The van der Waals surface area contributed by atoms with Crippen LogP contribution in [-0.2, 0) is 0 Å². The molecule has 2 rings (SSSR count). The lowest BCUT2D eigenvalue weighted by atomic mass is 10.2. The molecule has 0 radical (unpaired) electrons. The monoisotopic (exact) mass is 286 g/mol. The quantitative estimate of drug-likeness (QED) is 0.905. The molecule has 0 fully saturated rings. The molecule has 90 valence electrons. The van der Waals surface area contributed by atoms with Crippen molar-refractivity contribution in [2.24, 2.45) is 0 Å². The van der Waals surface area contributed by atoms with Gasteiger partial charge in [-0.15, -0.1) is 11.3 Å². The second-order valence-electron chi connectivity index (χ2n) is 3.69. The fraction of sp³-hybridized carbons (Fsp3) is 0.250. The summed E-state index contributed by atoms with van der Waals surface area (Å²) in [4.78, 5) is 4.57. The van der Waals surface area contributed by atoms with Gasteiger partial charge in [0, 0.05) is 17.0 Å². The Morgan fingerprint density at radius 3 is 2.82 bits per heavy atom. The summed E-state index contributed by atoms with van der Waals surface area (Å²) in [7, 11) is 1.91. The van der Waals surface area contributed by atoms with Gasteiger partial charge in [-0.05, 0) is 20.0 Å². The highest BCUT2D eigenvalue weighted by molar-refractivity contribution is 7.13. The van der Waals surface area contributed by atoms with Gasteiger partial charge in [-0.3, -0.25) is 0 Å². The first-order chi connectivity index (χ1) is 8.13. The van der Waals surface area contributed by atoms with Crippen LogP contribution >= 0.6 is 34.5 Å². The Labute approximate surface area is 115 Å². The van der Waals surface area contributed by atoms with Crippen molar-refractivity contribution in [2.75, 3.05) is 7.05 Å². The largest absolute Gasteiger partial charge is 0.312 e. The van der Waals surface area contributed by atoms with Crippen molar-refractivity contribution in [3.63, 3.8) is 0 Å². The van der Waals surface area contributed by atoms with Crippen LogP contribution in [0.4, 0.5) is 0 Å². The Hall–Kier alpha value is -0.610. The Morgan fingerprint density at radius 1 is 1.35 bits per heavy atom. The average Bonchev–Trinajstić information content (AvgIpc) is 2.81. The van der Waals surface area contributed by atoms with E-state index in [1.807, 2.05) is 24.6 Å². The molecule has 1 unspecified atom stereocenters. The van der Waals surface area contributed by atoms with Crippen molar-refractivity contribution in [3.05, 3.63) is 39.3 Å². The number of nitrogens with zero attached hydrogens (tertiary/aromatic N) is 1. The molecule has 17 heavy (non-hydrogen) atoms. The van der Waals surface area contributed by atoms with Gasteiger partial charge in [-0.1, -0.05) is 35.3 Å². The third-order valence-corrected chi connectivity index (χ3v) is 4.29. The van der Waals surface area contributed by atoms with Gasteiger partial charge in [0.2, 0.25) is 0 Å². The van der Waals surface area contributed by atoms with E-state index < -0.39 is 0 Å². The molecule has 5 heteroatoms. The predicted octanol–water partition coefficient (Wildman–Crippen LogP) is 4.40. The molecule has 0 aliphatic carbocycles. The van der Waals surface area contributed by atoms with E-state index in [0.717, 1.165) is 16.3 Å². The van der Waals surface area contributed by atoms with E-state index in [0.29, 0.717) is 10.0 Å². The van der Waals surface area contributed by atoms with Crippen LogP contribution in [0.2, 0.25) is 10.0 Å². The zero-order valence-electron chi connectivity index (χ0n) is 9.50. The average molecular weight is 287 g/mol. The fourth-order valence-electron chi connectivity index (χ4n) is 1.43. The maximum atomic E-state index is 6.17. The summed E-state index contributed by atoms with van der Waals surface area (Å²) in [6.07, 6.45) is 0. The van der Waals surface area contributed by atoms with E-state index in [2.05, 4.69) is 17.2 Å². The van der Waals surface area contributed by atoms with E-state index in [4.69, 9.17) is 23.2 Å². The van der Waals surface area contributed by atoms with Crippen molar-refractivity contribution >= 4 is 34.5 Å². The number of nitrogens with one attached hydrogen (secondary N) is 1. The van der Waals surface area contributed by atoms with Gasteiger partial charge in [0.05, 0.1) is 15.7 Å². The molecule has 2 nitrogen and oxygen atoms in total. The molecule has 1 heterocycles. The highest BCUT2D eigenvalue weighted by Gasteiger charge is 2.12.